The van der Waals surface area contributed by atoms with Gasteiger partial charge in [0.2, 0.25) is 0 Å². The average molecular weight is 214 g/mol. The number of hydrogen-bond acceptors (Lipinski definition) is 2. The van der Waals surface area contributed by atoms with Crippen molar-refractivity contribution in [2.24, 2.45) is 0 Å². The molecule has 3 heteroatoms. The molecule has 0 fully saturated rings. The highest BCUT2D eigenvalue weighted by molar-refractivity contribution is 5.49. The van der Waals surface area contributed by atoms with Crippen molar-refractivity contribution in [1.82, 2.24) is 9.38 Å². The van der Waals surface area contributed by atoms with Crippen LogP contribution in [0.2, 0.25) is 0 Å². The Morgan fingerprint density at radius 1 is 1.44 bits per heavy atom. The van der Waals surface area contributed by atoms with Crippen LogP contribution in [0.1, 0.15) is 25.5 Å². The summed E-state index contributed by atoms with van der Waals surface area (Å²) in [6.45, 7) is 2.12. The molecule has 0 N–H and O–H groups in total. The molecule has 0 unspecified atom stereocenters. The van der Waals surface area contributed by atoms with Crippen molar-refractivity contribution < 1.29 is 0 Å². The maximum absolute atomic E-state index is 11.7. The highest BCUT2D eigenvalue weighted by Gasteiger charge is 1.97. The summed E-state index contributed by atoms with van der Waals surface area (Å²) in [5.41, 5.74) is 1.37. The zero-order valence-corrected chi connectivity index (χ0v) is 9.26. The number of pyridine rings is 1. The Balaban J connectivity index is 2.46. The summed E-state index contributed by atoms with van der Waals surface area (Å²) in [4.78, 5) is 16.1. The van der Waals surface area contributed by atoms with Crippen molar-refractivity contribution in [3.05, 3.63) is 52.6 Å². The fourth-order valence-corrected chi connectivity index (χ4v) is 1.53. The normalized spacial score (nSPS) is 11.3. The number of rotatable bonds is 3. The van der Waals surface area contributed by atoms with Gasteiger partial charge in [-0.05, 0) is 24.6 Å². The number of fused-ring (bicyclic) bond motifs is 1. The van der Waals surface area contributed by atoms with Gasteiger partial charge in [-0.2, -0.15) is 0 Å². The van der Waals surface area contributed by atoms with Crippen molar-refractivity contribution >= 4 is 11.7 Å². The third-order valence-corrected chi connectivity index (χ3v) is 2.33. The van der Waals surface area contributed by atoms with Gasteiger partial charge in [0.1, 0.15) is 5.65 Å². The van der Waals surface area contributed by atoms with Crippen molar-refractivity contribution in [3.8, 4) is 0 Å². The van der Waals surface area contributed by atoms with E-state index in [1.807, 2.05) is 30.4 Å². The topological polar surface area (TPSA) is 34.4 Å². The van der Waals surface area contributed by atoms with E-state index in [0.717, 1.165) is 18.5 Å². The Bertz CT molecular complexity index is 569. The van der Waals surface area contributed by atoms with E-state index in [0.29, 0.717) is 5.65 Å². The molecule has 2 heterocycles. The van der Waals surface area contributed by atoms with Crippen LogP contribution < -0.4 is 5.56 Å². The predicted molar refractivity (Wildman–Crippen MR) is 65.4 cm³/mol. The lowest BCUT2D eigenvalue weighted by atomic mass is 10.3. The maximum Gasteiger partial charge on any atom is 0.258 e. The van der Waals surface area contributed by atoms with Crippen LogP contribution in [0.5, 0.6) is 0 Å². The molecule has 3 nitrogen and oxygen atoms in total. The molecular formula is C13H14N2O. The Labute approximate surface area is 94.1 Å². The quantitative estimate of drug-likeness (QED) is 0.786. The first kappa shape index (κ1) is 10.6. The summed E-state index contributed by atoms with van der Waals surface area (Å²) < 4.78 is 1.54. The molecule has 2 aromatic heterocycles. The third-order valence-electron chi connectivity index (χ3n) is 2.33. The van der Waals surface area contributed by atoms with E-state index in [9.17, 15) is 4.79 Å². The molecule has 0 bridgehead atoms. The summed E-state index contributed by atoms with van der Waals surface area (Å²) in [6, 6.07) is 7.09. The van der Waals surface area contributed by atoms with Gasteiger partial charge in [0.05, 0.1) is 5.69 Å². The Morgan fingerprint density at radius 3 is 3.12 bits per heavy atom. The first-order valence-corrected chi connectivity index (χ1v) is 5.46. The minimum Gasteiger partial charge on any atom is -0.269 e. The molecular weight excluding hydrogens is 200 g/mol. The highest BCUT2D eigenvalue weighted by atomic mass is 16.1. The van der Waals surface area contributed by atoms with Crippen LogP contribution in [0, 0.1) is 0 Å². The van der Waals surface area contributed by atoms with E-state index >= 15 is 0 Å². The second-order valence-corrected chi connectivity index (χ2v) is 3.64. The van der Waals surface area contributed by atoms with Gasteiger partial charge in [-0.1, -0.05) is 25.5 Å². The van der Waals surface area contributed by atoms with Crippen LogP contribution in [-0.4, -0.2) is 9.38 Å². The zero-order chi connectivity index (χ0) is 11.4. The number of allylic oxidation sites excluding steroid dienone is 1. The van der Waals surface area contributed by atoms with E-state index in [1.165, 1.54) is 4.40 Å². The van der Waals surface area contributed by atoms with Crippen LogP contribution in [0.25, 0.3) is 11.7 Å². The largest absolute Gasteiger partial charge is 0.269 e. The summed E-state index contributed by atoms with van der Waals surface area (Å²) in [7, 11) is 0. The van der Waals surface area contributed by atoms with E-state index in [4.69, 9.17) is 0 Å². The molecule has 0 aliphatic carbocycles. The molecule has 0 saturated heterocycles. The standard InChI is InChI=1S/C13H14N2O/c1-2-3-4-7-11-10-13(16)15-9-6-5-8-12(15)14-11/h4-10H,2-3H2,1H3/b7-4+. The van der Waals surface area contributed by atoms with Gasteiger partial charge in [-0.3, -0.25) is 9.20 Å². The van der Waals surface area contributed by atoms with Gasteiger partial charge in [-0.15, -0.1) is 0 Å². The van der Waals surface area contributed by atoms with Crippen LogP contribution in [0.15, 0.2) is 41.3 Å². The second kappa shape index (κ2) is 4.75. The second-order valence-electron chi connectivity index (χ2n) is 3.64. The maximum atomic E-state index is 11.7. The number of nitrogens with zero attached hydrogens (tertiary/aromatic N) is 2. The van der Waals surface area contributed by atoms with Crippen molar-refractivity contribution in [1.29, 1.82) is 0 Å². The van der Waals surface area contributed by atoms with E-state index < -0.39 is 0 Å². The lowest BCUT2D eigenvalue weighted by Gasteiger charge is -1.99. The zero-order valence-electron chi connectivity index (χ0n) is 9.26. The highest BCUT2D eigenvalue weighted by Crippen LogP contribution is 2.01. The van der Waals surface area contributed by atoms with Crippen molar-refractivity contribution in [2.45, 2.75) is 19.8 Å². The molecule has 0 aromatic carbocycles. The molecule has 2 aromatic rings. The lowest BCUT2D eigenvalue weighted by Crippen LogP contribution is -2.13. The van der Waals surface area contributed by atoms with Gasteiger partial charge >= 0.3 is 0 Å². The molecule has 0 radical (unpaired) electrons. The van der Waals surface area contributed by atoms with Gasteiger partial charge in [0.15, 0.2) is 0 Å². The van der Waals surface area contributed by atoms with Crippen LogP contribution >= 0.6 is 0 Å². The van der Waals surface area contributed by atoms with Gasteiger partial charge in [0.25, 0.3) is 5.56 Å². The minimum absolute atomic E-state index is 0.0400. The SMILES string of the molecule is CCC/C=C/c1cc(=O)n2ccccc2n1. The van der Waals surface area contributed by atoms with Crippen LogP contribution in [0.4, 0.5) is 0 Å². The molecule has 0 spiro atoms. The number of hydrogen-bond donors (Lipinski definition) is 0. The molecule has 0 amide bonds. The number of unbranched alkanes of at least 4 members (excludes halogenated alkanes) is 1. The average Bonchev–Trinajstić information content (AvgIpc) is 2.30. The molecule has 2 rings (SSSR count). The van der Waals surface area contributed by atoms with E-state index in [2.05, 4.69) is 11.9 Å². The smallest absolute Gasteiger partial charge is 0.258 e. The van der Waals surface area contributed by atoms with Crippen molar-refractivity contribution in [2.75, 3.05) is 0 Å². The summed E-state index contributed by atoms with van der Waals surface area (Å²) >= 11 is 0. The van der Waals surface area contributed by atoms with Gasteiger partial charge < -0.3 is 0 Å². The minimum atomic E-state index is -0.0400. The Kier molecular flexibility index (Phi) is 3.15. The monoisotopic (exact) mass is 214 g/mol. The molecule has 82 valence electrons. The fourth-order valence-electron chi connectivity index (χ4n) is 1.53. The van der Waals surface area contributed by atoms with Gasteiger partial charge in [0, 0.05) is 12.3 Å². The molecule has 0 atom stereocenters. The number of aromatic nitrogens is 2. The Hall–Kier alpha value is -1.90. The first-order valence-electron chi connectivity index (χ1n) is 5.46. The molecule has 0 aliphatic rings. The summed E-state index contributed by atoms with van der Waals surface area (Å²) in [6.07, 6.45) is 7.78. The third kappa shape index (κ3) is 2.19. The predicted octanol–water partition coefficient (Wildman–Crippen LogP) is 2.51. The summed E-state index contributed by atoms with van der Waals surface area (Å²) in [5, 5.41) is 0. The van der Waals surface area contributed by atoms with Crippen molar-refractivity contribution in [3.63, 3.8) is 0 Å². The first-order chi connectivity index (χ1) is 7.81. The van der Waals surface area contributed by atoms with E-state index in [-0.39, 0.29) is 5.56 Å². The lowest BCUT2D eigenvalue weighted by molar-refractivity contribution is 0.961. The molecule has 0 saturated carbocycles. The molecule has 16 heavy (non-hydrogen) atoms. The molecule has 0 aliphatic heterocycles. The van der Waals surface area contributed by atoms with Crippen LogP contribution in [0.3, 0.4) is 0 Å². The van der Waals surface area contributed by atoms with E-state index in [1.54, 1.807) is 12.3 Å². The van der Waals surface area contributed by atoms with Gasteiger partial charge in [-0.25, -0.2) is 4.98 Å². The fraction of sp³-hybridized carbons (Fsp3) is 0.231. The summed E-state index contributed by atoms with van der Waals surface area (Å²) in [5.74, 6) is 0. The Morgan fingerprint density at radius 2 is 2.31 bits per heavy atom. The van der Waals surface area contributed by atoms with Crippen LogP contribution in [-0.2, 0) is 0 Å².